The molecular weight excluding hydrogens is 250 g/mol. The summed E-state index contributed by atoms with van der Waals surface area (Å²) < 4.78 is 5.97. The molecule has 0 aromatic rings. The van der Waals surface area contributed by atoms with Gasteiger partial charge in [-0.05, 0) is 25.7 Å². The SMILES string of the molecule is CN=C(NCCOC1CCCCCC1)NC1CC=CC1. The normalized spacial score (nSPS) is 21.9. The second-order valence-corrected chi connectivity index (χ2v) is 5.77. The minimum atomic E-state index is 0.480. The van der Waals surface area contributed by atoms with Crippen LogP contribution in [0, 0.1) is 0 Å². The first-order valence-corrected chi connectivity index (χ1v) is 8.12. The Morgan fingerprint density at radius 1 is 1.15 bits per heavy atom. The van der Waals surface area contributed by atoms with E-state index < -0.39 is 0 Å². The molecule has 0 amide bonds. The first-order chi connectivity index (χ1) is 9.88. The van der Waals surface area contributed by atoms with Crippen LogP contribution in [0.4, 0.5) is 0 Å². The highest BCUT2D eigenvalue weighted by Crippen LogP contribution is 2.19. The van der Waals surface area contributed by atoms with Gasteiger partial charge in [-0.25, -0.2) is 0 Å². The summed E-state index contributed by atoms with van der Waals surface area (Å²) in [6.07, 6.45) is 15.0. The van der Waals surface area contributed by atoms with E-state index in [1.807, 2.05) is 7.05 Å². The van der Waals surface area contributed by atoms with Crippen LogP contribution in [0.15, 0.2) is 17.1 Å². The van der Waals surface area contributed by atoms with Gasteiger partial charge < -0.3 is 15.4 Å². The second-order valence-electron chi connectivity index (χ2n) is 5.77. The lowest BCUT2D eigenvalue weighted by atomic mass is 10.1. The fraction of sp³-hybridized carbons (Fsp3) is 0.812. The van der Waals surface area contributed by atoms with Gasteiger partial charge in [0.15, 0.2) is 5.96 Å². The summed E-state index contributed by atoms with van der Waals surface area (Å²) in [5, 5.41) is 6.77. The Morgan fingerprint density at radius 3 is 2.50 bits per heavy atom. The molecule has 0 radical (unpaired) electrons. The molecule has 1 fully saturated rings. The average molecular weight is 279 g/mol. The Hall–Kier alpha value is -1.03. The van der Waals surface area contributed by atoms with Crippen LogP contribution in [-0.4, -0.2) is 38.3 Å². The fourth-order valence-electron chi connectivity index (χ4n) is 2.93. The van der Waals surface area contributed by atoms with Gasteiger partial charge in [0.2, 0.25) is 0 Å². The molecule has 0 spiro atoms. The van der Waals surface area contributed by atoms with E-state index in [1.54, 1.807) is 0 Å². The van der Waals surface area contributed by atoms with Crippen LogP contribution in [-0.2, 0) is 4.74 Å². The van der Waals surface area contributed by atoms with E-state index in [-0.39, 0.29) is 0 Å². The minimum Gasteiger partial charge on any atom is -0.376 e. The van der Waals surface area contributed by atoms with Crippen molar-refractivity contribution in [1.82, 2.24) is 10.6 Å². The van der Waals surface area contributed by atoms with E-state index in [9.17, 15) is 0 Å². The summed E-state index contributed by atoms with van der Waals surface area (Å²) in [6.45, 7) is 1.60. The maximum absolute atomic E-state index is 5.97. The first-order valence-electron chi connectivity index (χ1n) is 8.12. The number of ether oxygens (including phenoxy) is 1. The molecule has 0 unspecified atom stereocenters. The van der Waals surface area contributed by atoms with Gasteiger partial charge in [0.05, 0.1) is 12.7 Å². The molecule has 1 saturated carbocycles. The van der Waals surface area contributed by atoms with Gasteiger partial charge in [0.25, 0.3) is 0 Å². The second kappa shape index (κ2) is 9.01. The number of rotatable bonds is 5. The zero-order chi connectivity index (χ0) is 14.0. The number of aliphatic imine (C=N–C) groups is 1. The highest BCUT2D eigenvalue weighted by molar-refractivity contribution is 5.80. The third-order valence-corrected chi connectivity index (χ3v) is 4.12. The lowest BCUT2D eigenvalue weighted by Crippen LogP contribution is -2.43. The highest BCUT2D eigenvalue weighted by atomic mass is 16.5. The molecular formula is C16H29N3O. The van der Waals surface area contributed by atoms with Gasteiger partial charge in [-0.15, -0.1) is 0 Å². The number of guanidine groups is 1. The smallest absolute Gasteiger partial charge is 0.191 e. The molecule has 114 valence electrons. The topological polar surface area (TPSA) is 45.7 Å². The van der Waals surface area contributed by atoms with Crippen LogP contribution in [0.5, 0.6) is 0 Å². The summed E-state index contributed by atoms with van der Waals surface area (Å²) in [5.74, 6) is 0.892. The maximum atomic E-state index is 5.97. The average Bonchev–Trinajstić information content (AvgIpc) is 2.84. The standard InChI is InChI=1S/C16H29N3O/c1-17-16(19-14-8-6-7-9-14)18-12-13-20-15-10-4-2-3-5-11-15/h6-7,14-15H,2-5,8-13H2,1H3,(H2,17,18,19). The molecule has 4 nitrogen and oxygen atoms in total. The van der Waals surface area contributed by atoms with Gasteiger partial charge in [0.1, 0.15) is 0 Å². The van der Waals surface area contributed by atoms with Crippen LogP contribution in [0.3, 0.4) is 0 Å². The zero-order valence-electron chi connectivity index (χ0n) is 12.7. The highest BCUT2D eigenvalue weighted by Gasteiger charge is 2.13. The molecule has 2 N–H and O–H groups in total. The van der Waals surface area contributed by atoms with E-state index in [0.717, 1.165) is 32.0 Å². The van der Waals surface area contributed by atoms with E-state index >= 15 is 0 Å². The summed E-state index contributed by atoms with van der Waals surface area (Å²) >= 11 is 0. The Kier molecular flexibility index (Phi) is 6.92. The van der Waals surface area contributed by atoms with Crippen LogP contribution in [0.2, 0.25) is 0 Å². The van der Waals surface area contributed by atoms with Crippen molar-refractivity contribution in [1.29, 1.82) is 0 Å². The first kappa shape index (κ1) is 15.4. The van der Waals surface area contributed by atoms with Crippen molar-refractivity contribution in [3.05, 3.63) is 12.2 Å². The molecule has 0 heterocycles. The van der Waals surface area contributed by atoms with E-state index in [1.165, 1.54) is 38.5 Å². The number of nitrogens with one attached hydrogen (secondary N) is 2. The van der Waals surface area contributed by atoms with Gasteiger partial charge in [0, 0.05) is 19.6 Å². The molecule has 0 bridgehead atoms. The lowest BCUT2D eigenvalue weighted by Gasteiger charge is -2.18. The molecule has 20 heavy (non-hydrogen) atoms. The third-order valence-electron chi connectivity index (χ3n) is 4.12. The number of hydrogen-bond acceptors (Lipinski definition) is 2. The minimum absolute atomic E-state index is 0.480. The molecule has 2 aliphatic rings. The quantitative estimate of drug-likeness (QED) is 0.267. The summed E-state index contributed by atoms with van der Waals surface area (Å²) in [6, 6.07) is 0.504. The van der Waals surface area contributed by atoms with Crippen molar-refractivity contribution in [3.63, 3.8) is 0 Å². The number of hydrogen-bond donors (Lipinski definition) is 2. The molecule has 4 heteroatoms. The van der Waals surface area contributed by atoms with E-state index in [0.29, 0.717) is 12.1 Å². The maximum Gasteiger partial charge on any atom is 0.191 e. The van der Waals surface area contributed by atoms with Crippen molar-refractivity contribution >= 4 is 5.96 Å². The molecule has 2 rings (SSSR count). The fourth-order valence-corrected chi connectivity index (χ4v) is 2.93. The van der Waals surface area contributed by atoms with Crippen molar-refractivity contribution in [2.75, 3.05) is 20.2 Å². The van der Waals surface area contributed by atoms with Gasteiger partial charge >= 0.3 is 0 Å². The molecule has 0 aliphatic heterocycles. The molecule has 0 atom stereocenters. The van der Waals surface area contributed by atoms with Crippen LogP contribution in [0.25, 0.3) is 0 Å². The Balaban J connectivity index is 1.56. The molecule has 2 aliphatic carbocycles. The molecule has 0 aromatic heterocycles. The van der Waals surface area contributed by atoms with Crippen molar-refractivity contribution in [2.45, 2.75) is 63.5 Å². The van der Waals surface area contributed by atoms with Crippen molar-refractivity contribution in [3.8, 4) is 0 Å². The van der Waals surface area contributed by atoms with Crippen LogP contribution < -0.4 is 10.6 Å². The third kappa shape index (κ3) is 5.53. The largest absolute Gasteiger partial charge is 0.376 e. The molecule has 0 saturated heterocycles. The van der Waals surface area contributed by atoms with E-state index in [2.05, 4.69) is 27.8 Å². The lowest BCUT2D eigenvalue weighted by molar-refractivity contribution is 0.0468. The Morgan fingerprint density at radius 2 is 1.85 bits per heavy atom. The number of nitrogens with zero attached hydrogens (tertiary/aromatic N) is 1. The van der Waals surface area contributed by atoms with Gasteiger partial charge in [-0.1, -0.05) is 37.8 Å². The summed E-state index contributed by atoms with van der Waals surface area (Å²) in [5.41, 5.74) is 0. The van der Waals surface area contributed by atoms with Crippen molar-refractivity contribution in [2.24, 2.45) is 4.99 Å². The van der Waals surface area contributed by atoms with Crippen LogP contribution in [0.1, 0.15) is 51.4 Å². The summed E-state index contributed by atoms with van der Waals surface area (Å²) in [7, 11) is 1.82. The Bertz CT molecular complexity index is 312. The van der Waals surface area contributed by atoms with Gasteiger partial charge in [-0.3, -0.25) is 4.99 Å². The van der Waals surface area contributed by atoms with Crippen LogP contribution >= 0.6 is 0 Å². The predicted octanol–water partition coefficient (Wildman–Crippen LogP) is 2.61. The van der Waals surface area contributed by atoms with Gasteiger partial charge in [-0.2, -0.15) is 0 Å². The Labute approximate surface area is 123 Å². The zero-order valence-corrected chi connectivity index (χ0v) is 12.7. The van der Waals surface area contributed by atoms with E-state index in [4.69, 9.17) is 4.74 Å². The van der Waals surface area contributed by atoms with Crippen molar-refractivity contribution < 1.29 is 4.74 Å². The predicted molar refractivity (Wildman–Crippen MR) is 84.1 cm³/mol. The summed E-state index contributed by atoms with van der Waals surface area (Å²) in [4.78, 5) is 4.26. The monoisotopic (exact) mass is 279 g/mol. The molecule has 0 aromatic carbocycles.